The van der Waals surface area contributed by atoms with E-state index in [0.29, 0.717) is 6.42 Å². The average molecular weight is 895 g/mol. The zero-order valence-corrected chi connectivity index (χ0v) is 39.0. The fraction of sp³-hybridized carbons (Fsp3) is 0.0597. The summed E-state index contributed by atoms with van der Waals surface area (Å²) in [5, 5.41) is 14.4. The standard InChI is InChI=1S/C67H46N2O/c1-3-53-65(50-30-31-55-49(34-50)29-28-43-18-11-12-25-54(43)55)41(2)32-59(68-67(53)51-24-15-23-44(33-51)42-16-5-4-6-17-42)52-38-62(66-58-36-46-20-8-10-22-48(46)39-63(58)70-64(66)40-52)69-60-27-14-13-26-56(60)57-35-45-19-7-9-21-47(45)37-61(57)69/h4-31,33-40H,3,32H2,1-2H3. The fourth-order valence-electron chi connectivity index (χ4n) is 11.6. The Hall–Kier alpha value is -8.79. The van der Waals surface area contributed by atoms with Crippen LogP contribution in [0, 0.1) is 0 Å². The molecule has 330 valence electrons. The molecule has 13 aromatic rings. The van der Waals surface area contributed by atoms with E-state index in [1.54, 1.807) is 0 Å². The SMILES string of the molecule is CCC1=C(c2cccc(-c3ccccc3)c2)N=C(c2cc(-n3c4ccccc4c4cc5ccccc5cc43)c3c(c2)oc2cc4ccccc4cc23)CC(C)=C1c1ccc2c(ccc3ccccc32)c1. The van der Waals surface area contributed by atoms with Crippen molar-refractivity contribution < 1.29 is 4.42 Å². The van der Waals surface area contributed by atoms with Crippen LogP contribution in [0.5, 0.6) is 0 Å². The molecule has 0 saturated heterocycles. The lowest BCUT2D eigenvalue weighted by Crippen LogP contribution is -2.05. The summed E-state index contributed by atoms with van der Waals surface area (Å²) in [6.45, 7) is 4.60. The number of benzene rings is 11. The minimum atomic E-state index is 0.656. The number of hydrogen-bond acceptors (Lipinski definition) is 2. The normalized spacial score (nSPS) is 13.5. The van der Waals surface area contributed by atoms with Crippen molar-refractivity contribution in [1.29, 1.82) is 0 Å². The molecule has 0 fully saturated rings. The molecule has 3 heterocycles. The Bertz CT molecular complexity index is 4420. The highest BCUT2D eigenvalue weighted by molar-refractivity contribution is 6.20. The second kappa shape index (κ2) is 15.9. The lowest BCUT2D eigenvalue weighted by molar-refractivity contribution is 0.669. The van der Waals surface area contributed by atoms with Gasteiger partial charge in [0.25, 0.3) is 0 Å². The Morgan fingerprint density at radius 1 is 0.429 bits per heavy atom. The van der Waals surface area contributed by atoms with E-state index in [9.17, 15) is 0 Å². The first kappa shape index (κ1) is 40.3. The van der Waals surface area contributed by atoms with Gasteiger partial charge in [-0.1, -0.05) is 176 Å². The molecule has 2 aromatic heterocycles. The third-order valence-electron chi connectivity index (χ3n) is 14.9. The molecule has 14 rings (SSSR count). The highest BCUT2D eigenvalue weighted by Gasteiger charge is 2.26. The molecule has 0 N–H and O–H groups in total. The molecule has 70 heavy (non-hydrogen) atoms. The van der Waals surface area contributed by atoms with Gasteiger partial charge in [0.1, 0.15) is 11.2 Å². The van der Waals surface area contributed by atoms with Gasteiger partial charge >= 0.3 is 0 Å². The van der Waals surface area contributed by atoms with Crippen LogP contribution in [0.15, 0.2) is 239 Å². The molecule has 0 spiro atoms. The minimum Gasteiger partial charge on any atom is -0.456 e. The first-order valence-electron chi connectivity index (χ1n) is 24.4. The van der Waals surface area contributed by atoms with E-state index in [-0.39, 0.29) is 0 Å². The van der Waals surface area contributed by atoms with Gasteiger partial charge in [0.2, 0.25) is 0 Å². The van der Waals surface area contributed by atoms with Crippen molar-refractivity contribution in [2.75, 3.05) is 0 Å². The lowest BCUT2D eigenvalue weighted by atomic mass is 9.86. The monoisotopic (exact) mass is 894 g/mol. The zero-order valence-electron chi connectivity index (χ0n) is 39.0. The van der Waals surface area contributed by atoms with Crippen molar-refractivity contribution in [3.05, 3.63) is 246 Å². The van der Waals surface area contributed by atoms with E-state index in [1.165, 1.54) is 81.9 Å². The number of rotatable bonds is 6. The maximum Gasteiger partial charge on any atom is 0.138 e. The third-order valence-corrected chi connectivity index (χ3v) is 14.9. The number of allylic oxidation sites excluding steroid dienone is 3. The Labute approximate surface area is 405 Å². The highest BCUT2D eigenvalue weighted by Crippen LogP contribution is 2.45. The van der Waals surface area contributed by atoms with E-state index in [2.05, 4.69) is 237 Å². The van der Waals surface area contributed by atoms with Gasteiger partial charge in [-0.25, -0.2) is 0 Å². The lowest BCUT2D eigenvalue weighted by Gasteiger charge is -2.18. The third kappa shape index (κ3) is 6.39. The molecule has 0 saturated carbocycles. The average Bonchev–Trinajstić information content (AvgIpc) is 3.88. The minimum absolute atomic E-state index is 0.656. The van der Waals surface area contributed by atoms with Gasteiger partial charge < -0.3 is 8.98 Å². The Morgan fingerprint density at radius 2 is 1.07 bits per heavy atom. The molecule has 0 radical (unpaired) electrons. The number of furan rings is 1. The van der Waals surface area contributed by atoms with Crippen molar-refractivity contribution in [1.82, 2.24) is 4.57 Å². The second-order valence-corrected chi connectivity index (χ2v) is 19.0. The summed E-state index contributed by atoms with van der Waals surface area (Å²) in [4.78, 5) is 5.93. The number of para-hydroxylation sites is 1. The Kier molecular flexibility index (Phi) is 9.15. The molecule has 0 unspecified atom stereocenters. The van der Waals surface area contributed by atoms with Crippen LogP contribution in [0.1, 0.15) is 43.4 Å². The summed E-state index contributed by atoms with van der Waals surface area (Å²) in [7, 11) is 0. The van der Waals surface area contributed by atoms with Crippen LogP contribution in [0.3, 0.4) is 0 Å². The predicted molar refractivity (Wildman–Crippen MR) is 297 cm³/mol. The van der Waals surface area contributed by atoms with E-state index >= 15 is 0 Å². The molecule has 0 amide bonds. The van der Waals surface area contributed by atoms with Crippen LogP contribution in [0.4, 0.5) is 0 Å². The van der Waals surface area contributed by atoms with Crippen LogP contribution in [-0.2, 0) is 0 Å². The Morgan fingerprint density at radius 3 is 1.87 bits per heavy atom. The van der Waals surface area contributed by atoms with Gasteiger partial charge in [-0.05, 0) is 139 Å². The van der Waals surface area contributed by atoms with E-state index in [1.807, 2.05) is 0 Å². The summed E-state index contributed by atoms with van der Waals surface area (Å²) in [5.41, 5.74) is 16.6. The molecular weight excluding hydrogens is 849 g/mol. The quantitative estimate of drug-likeness (QED) is 0.153. The molecule has 1 aliphatic rings. The molecule has 11 aromatic carbocycles. The molecule has 0 atom stereocenters. The summed E-state index contributed by atoms with van der Waals surface area (Å²) in [6.07, 6.45) is 1.46. The van der Waals surface area contributed by atoms with Crippen LogP contribution in [0.2, 0.25) is 0 Å². The van der Waals surface area contributed by atoms with Gasteiger partial charge in [0.15, 0.2) is 0 Å². The number of aromatic nitrogens is 1. The largest absolute Gasteiger partial charge is 0.456 e. The van der Waals surface area contributed by atoms with Crippen LogP contribution in [0.25, 0.3) is 115 Å². The maximum atomic E-state index is 7.07. The van der Waals surface area contributed by atoms with E-state index in [0.717, 1.165) is 73.0 Å². The predicted octanol–water partition coefficient (Wildman–Crippen LogP) is 18.5. The fourth-order valence-corrected chi connectivity index (χ4v) is 11.6. The highest BCUT2D eigenvalue weighted by atomic mass is 16.3. The van der Waals surface area contributed by atoms with Crippen LogP contribution >= 0.6 is 0 Å². The molecule has 0 aliphatic carbocycles. The summed E-state index contributed by atoms with van der Waals surface area (Å²) < 4.78 is 9.55. The van der Waals surface area contributed by atoms with Crippen molar-refractivity contribution in [3.63, 3.8) is 0 Å². The van der Waals surface area contributed by atoms with Crippen LogP contribution < -0.4 is 0 Å². The number of fused-ring (bicyclic) bond motifs is 11. The summed E-state index contributed by atoms with van der Waals surface area (Å²) in [5.74, 6) is 0. The van der Waals surface area contributed by atoms with Crippen molar-refractivity contribution >= 4 is 104 Å². The number of aliphatic imine (C=N–C) groups is 1. The summed E-state index contributed by atoms with van der Waals surface area (Å²) >= 11 is 0. The van der Waals surface area contributed by atoms with Crippen molar-refractivity contribution in [3.8, 4) is 16.8 Å². The first-order chi connectivity index (χ1) is 34.5. The zero-order chi connectivity index (χ0) is 46.5. The second-order valence-electron chi connectivity index (χ2n) is 19.0. The van der Waals surface area contributed by atoms with Gasteiger partial charge in [-0.3, -0.25) is 4.99 Å². The van der Waals surface area contributed by atoms with Gasteiger partial charge in [-0.2, -0.15) is 0 Å². The molecule has 3 nitrogen and oxygen atoms in total. The molecule has 1 aliphatic heterocycles. The molecule has 0 bridgehead atoms. The molecule has 3 heteroatoms. The van der Waals surface area contributed by atoms with Gasteiger partial charge in [0.05, 0.1) is 33.5 Å². The van der Waals surface area contributed by atoms with Crippen LogP contribution in [-0.4, -0.2) is 10.3 Å². The Balaban J connectivity index is 1.05. The smallest absolute Gasteiger partial charge is 0.138 e. The van der Waals surface area contributed by atoms with Crippen molar-refractivity contribution in [2.24, 2.45) is 4.99 Å². The van der Waals surface area contributed by atoms with Gasteiger partial charge in [0, 0.05) is 33.7 Å². The van der Waals surface area contributed by atoms with Gasteiger partial charge in [-0.15, -0.1) is 0 Å². The van der Waals surface area contributed by atoms with Crippen molar-refractivity contribution in [2.45, 2.75) is 26.7 Å². The topological polar surface area (TPSA) is 30.4 Å². The maximum absolute atomic E-state index is 7.07. The first-order valence-corrected chi connectivity index (χ1v) is 24.4. The summed E-state index contributed by atoms with van der Waals surface area (Å²) in [6, 6.07) is 79.9. The molecular formula is C67H46N2O. The van der Waals surface area contributed by atoms with E-state index in [4.69, 9.17) is 9.41 Å². The number of hydrogen-bond donors (Lipinski definition) is 0. The van der Waals surface area contributed by atoms with E-state index < -0.39 is 0 Å². The number of nitrogens with zero attached hydrogens (tertiary/aromatic N) is 2.